The van der Waals surface area contributed by atoms with Crippen molar-refractivity contribution in [2.24, 2.45) is 0 Å². The van der Waals surface area contributed by atoms with Crippen molar-refractivity contribution in [3.8, 4) is 0 Å². The molecule has 1 aliphatic rings. The van der Waals surface area contributed by atoms with E-state index in [-0.39, 0.29) is 11.6 Å². The molecule has 2 N–H and O–H groups in total. The van der Waals surface area contributed by atoms with Gasteiger partial charge in [-0.15, -0.1) is 5.10 Å². The van der Waals surface area contributed by atoms with Crippen LogP contribution in [-0.4, -0.2) is 49.1 Å². The van der Waals surface area contributed by atoms with Gasteiger partial charge in [-0.05, 0) is 25.9 Å². The largest absolute Gasteiger partial charge is 0.476 e. The molecule has 0 unspecified atom stereocenters. The second-order valence-electron chi connectivity index (χ2n) is 5.01. The number of nitrogens with one attached hydrogen (secondary N) is 1. The van der Waals surface area contributed by atoms with E-state index in [9.17, 15) is 9.90 Å². The van der Waals surface area contributed by atoms with E-state index in [1.807, 2.05) is 0 Å². The van der Waals surface area contributed by atoms with Crippen molar-refractivity contribution in [1.29, 1.82) is 0 Å². The molecule has 110 valence electrons. The quantitative estimate of drug-likeness (QED) is 0.832. The molecule has 1 aliphatic heterocycles. The fourth-order valence-corrected chi connectivity index (χ4v) is 2.65. The Morgan fingerprint density at radius 3 is 2.86 bits per heavy atom. The summed E-state index contributed by atoms with van der Waals surface area (Å²) >= 11 is 0. The van der Waals surface area contributed by atoms with Gasteiger partial charge < -0.3 is 10.4 Å². The van der Waals surface area contributed by atoms with Gasteiger partial charge in [0.05, 0.1) is 24.1 Å². The molecule has 8 heteroatoms. The average Bonchev–Trinajstić information content (AvgIpc) is 2.93. The summed E-state index contributed by atoms with van der Waals surface area (Å²) in [6.45, 7) is 2.13. The molecule has 0 amide bonds. The molecule has 1 fully saturated rings. The second kappa shape index (κ2) is 5.96. The number of rotatable bonds is 4. The van der Waals surface area contributed by atoms with Crippen LogP contribution in [0.25, 0.3) is 0 Å². The summed E-state index contributed by atoms with van der Waals surface area (Å²) in [4.78, 5) is 19.6. The summed E-state index contributed by atoms with van der Waals surface area (Å²) in [6, 6.07) is 0. The number of carboxylic acids is 1. The van der Waals surface area contributed by atoms with Gasteiger partial charge in [0.1, 0.15) is 0 Å². The van der Waals surface area contributed by atoms with Gasteiger partial charge in [0.15, 0.2) is 5.69 Å². The van der Waals surface area contributed by atoms with Crippen molar-refractivity contribution < 1.29 is 9.90 Å². The first-order valence-corrected chi connectivity index (χ1v) is 6.88. The van der Waals surface area contributed by atoms with Gasteiger partial charge in [-0.1, -0.05) is 5.21 Å². The van der Waals surface area contributed by atoms with Gasteiger partial charge >= 0.3 is 5.97 Å². The Bertz CT molecular complexity index is 621. The van der Waals surface area contributed by atoms with Gasteiger partial charge in [-0.3, -0.25) is 9.97 Å². The Morgan fingerprint density at radius 1 is 1.38 bits per heavy atom. The number of aromatic nitrogens is 5. The Hall–Kier alpha value is -2.35. The zero-order valence-electron chi connectivity index (χ0n) is 11.4. The van der Waals surface area contributed by atoms with Crippen LogP contribution in [0, 0.1) is 0 Å². The molecule has 0 spiro atoms. The van der Waals surface area contributed by atoms with E-state index in [4.69, 9.17) is 0 Å². The fourth-order valence-electron chi connectivity index (χ4n) is 2.65. The number of nitrogens with zero attached hydrogens (tertiary/aromatic N) is 5. The van der Waals surface area contributed by atoms with E-state index in [1.165, 1.54) is 0 Å². The molecule has 0 saturated carbocycles. The number of hydrogen-bond donors (Lipinski definition) is 2. The van der Waals surface area contributed by atoms with Gasteiger partial charge in [-0.2, -0.15) is 0 Å². The first kappa shape index (κ1) is 13.6. The Labute approximate surface area is 121 Å². The standard InChI is InChI=1S/C13H16N6O2/c20-13(21)11-12(9-1-3-14-4-2-9)19(18-17-11)8-10-7-15-5-6-16-10/h5-7,9,14H,1-4,8H2,(H,20,21). The minimum Gasteiger partial charge on any atom is -0.476 e. The van der Waals surface area contributed by atoms with Gasteiger partial charge in [0, 0.05) is 18.3 Å². The smallest absolute Gasteiger partial charge is 0.358 e. The summed E-state index contributed by atoms with van der Waals surface area (Å²) in [5.41, 5.74) is 1.47. The molecule has 3 heterocycles. The highest BCUT2D eigenvalue weighted by Gasteiger charge is 2.27. The summed E-state index contributed by atoms with van der Waals surface area (Å²) in [7, 11) is 0. The number of piperidine rings is 1. The van der Waals surface area contributed by atoms with Crippen LogP contribution in [0.4, 0.5) is 0 Å². The van der Waals surface area contributed by atoms with Crippen LogP contribution < -0.4 is 5.32 Å². The minimum absolute atomic E-state index is 0.0470. The van der Waals surface area contributed by atoms with E-state index < -0.39 is 5.97 Å². The van der Waals surface area contributed by atoms with Gasteiger partial charge in [0.25, 0.3) is 0 Å². The van der Waals surface area contributed by atoms with Crippen molar-refractivity contribution in [3.05, 3.63) is 35.7 Å². The number of hydrogen-bond acceptors (Lipinski definition) is 6. The lowest BCUT2D eigenvalue weighted by molar-refractivity contribution is 0.0688. The Morgan fingerprint density at radius 2 is 2.19 bits per heavy atom. The van der Waals surface area contributed by atoms with Crippen LogP contribution in [0.5, 0.6) is 0 Å². The Balaban J connectivity index is 1.94. The third kappa shape index (κ3) is 2.89. The first-order chi connectivity index (χ1) is 10.3. The monoisotopic (exact) mass is 288 g/mol. The number of aromatic carboxylic acids is 1. The molecule has 0 aliphatic carbocycles. The lowest BCUT2D eigenvalue weighted by Gasteiger charge is -2.23. The zero-order chi connectivity index (χ0) is 14.7. The predicted molar refractivity (Wildman–Crippen MR) is 73.0 cm³/mol. The fraction of sp³-hybridized carbons (Fsp3) is 0.462. The lowest BCUT2D eigenvalue weighted by atomic mass is 9.93. The van der Waals surface area contributed by atoms with Crippen molar-refractivity contribution in [3.63, 3.8) is 0 Å². The number of carboxylic acid groups (broad SMARTS) is 1. The van der Waals surface area contributed by atoms with Crippen molar-refractivity contribution in [2.45, 2.75) is 25.3 Å². The number of carbonyl (C=O) groups is 1. The third-order valence-corrected chi connectivity index (χ3v) is 3.63. The SMILES string of the molecule is O=C(O)c1nnn(Cc2cnccn2)c1C1CCNCC1. The predicted octanol–water partition coefficient (Wildman–Crippen LogP) is 0.282. The zero-order valence-corrected chi connectivity index (χ0v) is 11.4. The van der Waals surface area contributed by atoms with Crippen molar-refractivity contribution >= 4 is 5.97 Å². The highest BCUT2D eigenvalue weighted by Crippen LogP contribution is 2.27. The average molecular weight is 288 g/mol. The molecule has 21 heavy (non-hydrogen) atoms. The normalized spacial score (nSPS) is 16.0. The summed E-state index contributed by atoms with van der Waals surface area (Å²) in [6.07, 6.45) is 6.62. The summed E-state index contributed by atoms with van der Waals surface area (Å²) in [5, 5.41) is 20.4. The maximum Gasteiger partial charge on any atom is 0.358 e. The molecular formula is C13H16N6O2. The van der Waals surface area contributed by atoms with Crippen LogP contribution in [-0.2, 0) is 6.54 Å². The summed E-state index contributed by atoms with van der Waals surface area (Å²) < 4.78 is 1.64. The van der Waals surface area contributed by atoms with Crippen LogP contribution in [0.2, 0.25) is 0 Å². The molecule has 2 aromatic heterocycles. The van der Waals surface area contributed by atoms with Crippen LogP contribution in [0.15, 0.2) is 18.6 Å². The van der Waals surface area contributed by atoms with E-state index in [0.717, 1.165) is 31.6 Å². The highest BCUT2D eigenvalue weighted by molar-refractivity contribution is 5.86. The summed E-state index contributed by atoms with van der Waals surface area (Å²) in [5.74, 6) is -0.877. The lowest BCUT2D eigenvalue weighted by Crippen LogP contribution is -2.29. The molecule has 2 aromatic rings. The maximum atomic E-state index is 11.4. The molecule has 0 atom stereocenters. The second-order valence-corrected chi connectivity index (χ2v) is 5.01. The van der Waals surface area contributed by atoms with Gasteiger partial charge in [-0.25, -0.2) is 9.48 Å². The maximum absolute atomic E-state index is 11.4. The first-order valence-electron chi connectivity index (χ1n) is 6.88. The van der Waals surface area contributed by atoms with E-state index in [0.29, 0.717) is 12.2 Å². The molecule has 0 radical (unpaired) electrons. The van der Waals surface area contributed by atoms with Crippen LogP contribution in [0.3, 0.4) is 0 Å². The van der Waals surface area contributed by atoms with Crippen molar-refractivity contribution in [1.82, 2.24) is 30.3 Å². The van der Waals surface area contributed by atoms with Crippen LogP contribution >= 0.6 is 0 Å². The van der Waals surface area contributed by atoms with Crippen LogP contribution in [0.1, 0.15) is 40.6 Å². The molecule has 0 aromatic carbocycles. The molecule has 1 saturated heterocycles. The van der Waals surface area contributed by atoms with E-state index in [1.54, 1.807) is 23.3 Å². The topological polar surface area (TPSA) is 106 Å². The third-order valence-electron chi connectivity index (χ3n) is 3.63. The molecular weight excluding hydrogens is 272 g/mol. The van der Waals surface area contributed by atoms with Gasteiger partial charge in [0.2, 0.25) is 0 Å². The van der Waals surface area contributed by atoms with E-state index in [2.05, 4.69) is 25.6 Å². The molecule has 0 bridgehead atoms. The van der Waals surface area contributed by atoms with Crippen molar-refractivity contribution in [2.75, 3.05) is 13.1 Å². The highest BCUT2D eigenvalue weighted by atomic mass is 16.4. The van der Waals surface area contributed by atoms with E-state index >= 15 is 0 Å². The minimum atomic E-state index is -1.03. The molecule has 3 rings (SSSR count). The molecule has 8 nitrogen and oxygen atoms in total. The Kier molecular flexibility index (Phi) is 3.87.